The van der Waals surface area contributed by atoms with Crippen molar-refractivity contribution in [2.75, 3.05) is 0 Å². The van der Waals surface area contributed by atoms with Crippen LogP contribution in [0.25, 0.3) is 0 Å². The summed E-state index contributed by atoms with van der Waals surface area (Å²) in [6.45, 7) is 0. The van der Waals surface area contributed by atoms with Crippen molar-refractivity contribution in [2.45, 2.75) is 50.8 Å². The van der Waals surface area contributed by atoms with Crippen molar-refractivity contribution in [3.05, 3.63) is 12.2 Å². The van der Waals surface area contributed by atoms with E-state index in [4.69, 9.17) is 0 Å². The normalized spacial score (nSPS) is 49.5. The van der Waals surface area contributed by atoms with Crippen LogP contribution in [0.3, 0.4) is 0 Å². The van der Waals surface area contributed by atoms with Crippen LogP contribution >= 0.6 is 0 Å². The van der Waals surface area contributed by atoms with Gasteiger partial charge in [0.15, 0.2) is 0 Å². The minimum absolute atomic E-state index is 0.980. The molecule has 2 bridgehead atoms. The first-order valence-electron chi connectivity index (χ1n) is 7.03. The van der Waals surface area contributed by atoms with Crippen molar-refractivity contribution in [2.24, 2.45) is 23.7 Å². The Morgan fingerprint density at radius 1 is 0.800 bits per heavy atom. The average molecular weight is 202 g/mol. The molecule has 2 fully saturated rings. The Labute approximate surface area is 94.9 Å². The maximum absolute atomic E-state index is 2.53. The number of fused-ring (bicyclic) bond motifs is 5. The SMILES string of the molecule is BC1CCCC2C3C=CC(C3)C2CCC1. The molecule has 0 radical (unpaired) electrons. The number of rotatable bonds is 0. The van der Waals surface area contributed by atoms with Crippen molar-refractivity contribution in [1.82, 2.24) is 0 Å². The predicted octanol–water partition coefficient (Wildman–Crippen LogP) is 3.20. The zero-order valence-corrected chi connectivity index (χ0v) is 9.99. The van der Waals surface area contributed by atoms with Crippen LogP contribution in [0.4, 0.5) is 0 Å². The van der Waals surface area contributed by atoms with Crippen LogP contribution in [0.1, 0.15) is 44.9 Å². The highest BCUT2D eigenvalue weighted by atomic mass is 14.5. The van der Waals surface area contributed by atoms with Gasteiger partial charge in [-0.05, 0) is 42.9 Å². The Bertz CT molecular complexity index is 234. The van der Waals surface area contributed by atoms with Gasteiger partial charge in [0.2, 0.25) is 0 Å². The first kappa shape index (κ1) is 9.99. The van der Waals surface area contributed by atoms with E-state index in [9.17, 15) is 0 Å². The largest absolute Gasteiger partial charge is 0.105 e. The molecule has 4 unspecified atom stereocenters. The highest BCUT2D eigenvalue weighted by Gasteiger charge is 2.43. The molecule has 0 N–H and O–H groups in total. The second-order valence-electron chi connectivity index (χ2n) is 6.24. The van der Waals surface area contributed by atoms with E-state index in [1.807, 2.05) is 0 Å². The van der Waals surface area contributed by atoms with Gasteiger partial charge in [-0.3, -0.25) is 0 Å². The van der Waals surface area contributed by atoms with E-state index < -0.39 is 0 Å². The Hall–Kier alpha value is -0.195. The van der Waals surface area contributed by atoms with Crippen LogP contribution in [-0.4, -0.2) is 7.85 Å². The summed E-state index contributed by atoms with van der Waals surface area (Å²) in [7, 11) is 2.45. The minimum Gasteiger partial charge on any atom is -0.0848 e. The first-order valence-corrected chi connectivity index (χ1v) is 7.03. The fraction of sp³-hybridized carbons (Fsp3) is 0.857. The molecule has 0 heterocycles. The Morgan fingerprint density at radius 2 is 1.33 bits per heavy atom. The van der Waals surface area contributed by atoms with Crippen LogP contribution in [0.5, 0.6) is 0 Å². The molecule has 0 aromatic rings. The molecule has 3 aliphatic carbocycles. The molecule has 0 amide bonds. The number of allylic oxidation sites excluding steroid dienone is 2. The maximum atomic E-state index is 2.53. The van der Waals surface area contributed by atoms with E-state index in [-0.39, 0.29) is 0 Å². The molecule has 15 heavy (non-hydrogen) atoms. The van der Waals surface area contributed by atoms with Crippen molar-refractivity contribution in [3.8, 4) is 0 Å². The van der Waals surface area contributed by atoms with Crippen LogP contribution in [0.15, 0.2) is 12.2 Å². The summed E-state index contributed by atoms with van der Waals surface area (Å²) in [6.07, 6.45) is 15.6. The third kappa shape index (κ3) is 1.79. The quantitative estimate of drug-likeness (QED) is 0.418. The molecule has 82 valence electrons. The highest BCUT2D eigenvalue weighted by Crippen LogP contribution is 2.52. The van der Waals surface area contributed by atoms with E-state index in [0.717, 1.165) is 29.5 Å². The smallest absolute Gasteiger partial charge is 0.0848 e. The zero-order valence-electron chi connectivity index (χ0n) is 9.99. The summed E-state index contributed by atoms with van der Waals surface area (Å²) in [4.78, 5) is 0. The van der Waals surface area contributed by atoms with Crippen LogP contribution in [-0.2, 0) is 0 Å². The average Bonchev–Trinajstić information content (AvgIpc) is 2.79. The molecule has 2 saturated carbocycles. The lowest BCUT2D eigenvalue weighted by atomic mass is 9.78. The number of hydrogen-bond donors (Lipinski definition) is 0. The van der Waals surface area contributed by atoms with Crippen LogP contribution in [0.2, 0.25) is 5.82 Å². The molecule has 4 atom stereocenters. The summed E-state index contributed by atoms with van der Waals surface area (Å²) < 4.78 is 0. The van der Waals surface area contributed by atoms with Gasteiger partial charge >= 0.3 is 0 Å². The van der Waals surface area contributed by atoms with Gasteiger partial charge < -0.3 is 0 Å². The molecular formula is C14H23B. The topological polar surface area (TPSA) is 0 Å². The van der Waals surface area contributed by atoms with Gasteiger partial charge in [-0.2, -0.15) is 0 Å². The molecule has 1 heteroatoms. The highest BCUT2D eigenvalue weighted by molar-refractivity contribution is 6.11. The van der Waals surface area contributed by atoms with Gasteiger partial charge in [0.25, 0.3) is 0 Å². The van der Waals surface area contributed by atoms with Crippen molar-refractivity contribution in [1.29, 1.82) is 0 Å². The van der Waals surface area contributed by atoms with Gasteiger partial charge in [-0.15, -0.1) is 0 Å². The zero-order chi connectivity index (χ0) is 10.3. The van der Waals surface area contributed by atoms with Crippen LogP contribution in [0, 0.1) is 23.7 Å². The monoisotopic (exact) mass is 202 g/mol. The van der Waals surface area contributed by atoms with Gasteiger partial charge in [0.1, 0.15) is 7.85 Å². The second-order valence-corrected chi connectivity index (χ2v) is 6.24. The van der Waals surface area contributed by atoms with Gasteiger partial charge in [0, 0.05) is 0 Å². The predicted molar refractivity (Wildman–Crippen MR) is 67.7 cm³/mol. The van der Waals surface area contributed by atoms with Gasteiger partial charge in [-0.25, -0.2) is 0 Å². The molecule has 0 aliphatic heterocycles. The van der Waals surface area contributed by atoms with Crippen LogP contribution < -0.4 is 0 Å². The first-order chi connectivity index (χ1) is 7.34. The third-order valence-electron chi connectivity index (χ3n) is 5.27. The van der Waals surface area contributed by atoms with E-state index in [1.165, 1.54) is 44.9 Å². The van der Waals surface area contributed by atoms with Crippen molar-refractivity contribution < 1.29 is 0 Å². The number of hydrogen-bond acceptors (Lipinski definition) is 0. The lowest BCUT2D eigenvalue weighted by Gasteiger charge is -2.27. The fourth-order valence-electron chi connectivity index (χ4n) is 4.43. The summed E-state index contributed by atoms with van der Waals surface area (Å²) in [5.41, 5.74) is 0. The molecule has 3 rings (SSSR count). The van der Waals surface area contributed by atoms with E-state index in [1.54, 1.807) is 0 Å². The summed E-state index contributed by atoms with van der Waals surface area (Å²) in [5, 5.41) is 0. The van der Waals surface area contributed by atoms with Crippen molar-refractivity contribution >= 4 is 7.85 Å². The maximum Gasteiger partial charge on any atom is 0.105 e. The van der Waals surface area contributed by atoms with E-state index in [2.05, 4.69) is 20.0 Å². The van der Waals surface area contributed by atoms with Gasteiger partial charge in [-0.1, -0.05) is 43.7 Å². The molecule has 0 aromatic heterocycles. The molecular weight excluding hydrogens is 179 g/mol. The van der Waals surface area contributed by atoms with Crippen molar-refractivity contribution in [3.63, 3.8) is 0 Å². The Kier molecular flexibility index (Phi) is 2.66. The second kappa shape index (κ2) is 3.99. The van der Waals surface area contributed by atoms with Gasteiger partial charge in [0.05, 0.1) is 0 Å². The Morgan fingerprint density at radius 3 is 1.87 bits per heavy atom. The molecule has 0 aromatic carbocycles. The summed E-state index contributed by atoms with van der Waals surface area (Å²) in [5.74, 6) is 5.10. The minimum atomic E-state index is 0.980. The van der Waals surface area contributed by atoms with E-state index in [0.29, 0.717) is 0 Å². The van der Waals surface area contributed by atoms with E-state index >= 15 is 0 Å². The molecule has 0 nitrogen and oxygen atoms in total. The fourth-order valence-corrected chi connectivity index (χ4v) is 4.43. The molecule has 0 saturated heterocycles. The lowest BCUT2D eigenvalue weighted by Crippen LogP contribution is -2.19. The Balaban J connectivity index is 1.72. The lowest BCUT2D eigenvalue weighted by molar-refractivity contribution is 0.271. The third-order valence-corrected chi connectivity index (χ3v) is 5.27. The standard InChI is InChI=1S/C14H23B/c15-12-3-1-5-13-10-7-8-11(9-10)14(13)6-2-4-12/h7-8,10-14H,1-6,9,15H2. The molecule has 0 spiro atoms. The summed E-state index contributed by atoms with van der Waals surface area (Å²) >= 11 is 0. The molecule has 3 aliphatic rings. The summed E-state index contributed by atoms with van der Waals surface area (Å²) in [6, 6.07) is 0.